The smallest absolute Gasteiger partial charge is 0.235 e. The van der Waals surface area contributed by atoms with Crippen molar-refractivity contribution in [3.8, 4) is 0 Å². The molecule has 1 spiro atoms. The van der Waals surface area contributed by atoms with Crippen molar-refractivity contribution in [1.82, 2.24) is 5.32 Å². The zero-order valence-corrected chi connectivity index (χ0v) is 15.3. The zero-order valence-electron chi connectivity index (χ0n) is 14.6. The highest BCUT2D eigenvalue weighted by molar-refractivity contribution is 6.30. The quantitative estimate of drug-likeness (QED) is 0.850. The van der Waals surface area contributed by atoms with Gasteiger partial charge in [-0.1, -0.05) is 41.9 Å². The predicted molar refractivity (Wildman–Crippen MR) is 103 cm³/mol. The molecule has 2 aromatic rings. The Balaban J connectivity index is 1.80. The van der Waals surface area contributed by atoms with Crippen LogP contribution in [0, 0.1) is 5.41 Å². The van der Waals surface area contributed by atoms with Crippen molar-refractivity contribution in [1.29, 1.82) is 0 Å². The number of amides is 1. The minimum atomic E-state index is -0.620. The van der Waals surface area contributed by atoms with E-state index in [9.17, 15) is 9.90 Å². The number of carbonyl (C=O) groups excluding carboxylic acids is 1. The van der Waals surface area contributed by atoms with Crippen LogP contribution in [0.15, 0.2) is 54.6 Å². The highest BCUT2D eigenvalue weighted by Gasteiger charge is 2.52. The Morgan fingerprint density at radius 3 is 2.50 bits per heavy atom. The minimum Gasteiger partial charge on any atom is -0.391 e. The van der Waals surface area contributed by atoms with Gasteiger partial charge in [-0.15, -0.1) is 0 Å². The summed E-state index contributed by atoms with van der Waals surface area (Å²) in [6.45, 7) is 1.54. The van der Waals surface area contributed by atoms with E-state index in [0.29, 0.717) is 18.0 Å². The third-order valence-corrected chi connectivity index (χ3v) is 5.89. The van der Waals surface area contributed by atoms with Crippen LogP contribution in [0.1, 0.15) is 30.9 Å². The molecule has 3 atom stereocenters. The van der Waals surface area contributed by atoms with E-state index >= 15 is 0 Å². The van der Waals surface area contributed by atoms with Crippen molar-refractivity contribution >= 4 is 23.2 Å². The first kappa shape index (κ1) is 17.5. The molecule has 0 bridgehead atoms. The first-order chi connectivity index (χ1) is 12.6. The fourth-order valence-corrected chi connectivity index (χ4v) is 4.50. The van der Waals surface area contributed by atoms with Gasteiger partial charge in [-0.05, 0) is 55.6 Å². The summed E-state index contributed by atoms with van der Waals surface area (Å²) in [7, 11) is 0. The number of nitrogens with one attached hydrogen (secondary N) is 1. The summed E-state index contributed by atoms with van der Waals surface area (Å²) in [6, 6.07) is 16.7. The molecule has 2 aliphatic heterocycles. The van der Waals surface area contributed by atoms with Gasteiger partial charge in [0, 0.05) is 17.3 Å². The fourth-order valence-electron chi connectivity index (χ4n) is 4.38. The van der Waals surface area contributed by atoms with Crippen molar-refractivity contribution in [3.63, 3.8) is 0 Å². The average Bonchev–Trinajstić information content (AvgIpc) is 2.67. The summed E-state index contributed by atoms with van der Waals surface area (Å²) in [4.78, 5) is 15.4. The molecule has 2 aliphatic rings. The van der Waals surface area contributed by atoms with E-state index in [2.05, 4.69) is 5.32 Å². The number of aliphatic hydroxyl groups excluding tert-OH is 1. The topological polar surface area (TPSA) is 52.6 Å². The molecule has 0 aromatic heterocycles. The van der Waals surface area contributed by atoms with Crippen molar-refractivity contribution in [2.24, 2.45) is 5.41 Å². The number of carbonyl (C=O) groups is 1. The first-order valence-electron chi connectivity index (χ1n) is 9.14. The van der Waals surface area contributed by atoms with E-state index in [4.69, 9.17) is 11.6 Å². The molecular weight excluding hydrogens is 348 g/mol. The lowest BCUT2D eigenvalue weighted by molar-refractivity contribution is -0.137. The number of piperidine rings is 2. The summed E-state index contributed by atoms with van der Waals surface area (Å²) >= 11 is 6.05. The van der Waals surface area contributed by atoms with Crippen LogP contribution >= 0.6 is 11.6 Å². The van der Waals surface area contributed by atoms with Gasteiger partial charge >= 0.3 is 0 Å². The molecule has 2 N–H and O–H groups in total. The van der Waals surface area contributed by atoms with E-state index in [0.717, 1.165) is 30.6 Å². The predicted octanol–water partition coefficient (Wildman–Crippen LogP) is 3.55. The van der Waals surface area contributed by atoms with Gasteiger partial charge in [-0.25, -0.2) is 0 Å². The summed E-state index contributed by atoms with van der Waals surface area (Å²) in [5.41, 5.74) is 1.18. The standard InChI is InChI=1S/C21H23ClN2O2/c22-16-7-9-17(10-8-16)24-19(15-5-2-1-3-6-15)18(25)13-21(20(24)26)11-4-12-23-14-21/h1-3,5-10,18-19,23,25H,4,11-14H2/t18-,19+,21-/m1/s1. The molecular formula is C21H23ClN2O2. The number of benzene rings is 2. The van der Waals surface area contributed by atoms with Crippen LogP contribution in [-0.2, 0) is 4.79 Å². The largest absolute Gasteiger partial charge is 0.391 e. The number of hydrogen-bond donors (Lipinski definition) is 2. The van der Waals surface area contributed by atoms with Crippen LogP contribution in [0.25, 0.3) is 0 Å². The lowest BCUT2D eigenvalue weighted by Gasteiger charge is -2.50. The van der Waals surface area contributed by atoms with Crippen molar-refractivity contribution in [2.75, 3.05) is 18.0 Å². The number of nitrogens with zero attached hydrogens (tertiary/aromatic N) is 1. The van der Waals surface area contributed by atoms with Gasteiger partial charge in [0.1, 0.15) is 0 Å². The molecule has 136 valence electrons. The van der Waals surface area contributed by atoms with Crippen LogP contribution in [-0.4, -0.2) is 30.2 Å². The van der Waals surface area contributed by atoms with Gasteiger partial charge in [-0.3, -0.25) is 4.79 Å². The van der Waals surface area contributed by atoms with Crippen LogP contribution in [0.5, 0.6) is 0 Å². The second kappa shape index (κ2) is 7.03. The molecule has 0 unspecified atom stereocenters. The minimum absolute atomic E-state index is 0.0891. The summed E-state index contributed by atoms with van der Waals surface area (Å²) in [5, 5.41) is 15.1. The molecule has 2 fully saturated rings. The maximum atomic E-state index is 13.7. The van der Waals surface area contributed by atoms with E-state index < -0.39 is 17.6 Å². The molecule has 4 rings (SSSR count). The Bertz CT molecular complexity index is 772. The molecule has 0 radical (unpaired) electrons. The van der Waals surface area contributed by atoms with Gasteiger partial charge in [-0.2, -0.15) is 0 Å². The lowest BCUT2D eigenvalue weighted by atomic mass is 9.70. The van der Waals surface area contributed by atoms with Gasteiger partial charge in [0.25, 0.3) is 0 Å². The van der Waals surface area contributed by atoms with Gasteiger partial charge in [0.2, 0.25) is 5.91 Å². The zero-order chi connectivity index (χ0) is 18.1. The Morgan fingerprint density at radius 2 is 1.85 bits per heavy atom. The highest BCUT2D eigenvalue weighted by Crippen LogP contribution is 2.46. The van der Waals surface area contributed by atoms with Crippen molar-refractivity contribution < 1.29 is 9.90 Å². The Labute approximate surface area is 158 Å². The summed E-state index contributed by atoms with van der Waals surface area (Å²) in [6.07, 6.45) is 1.62. The van der Waals surface area contributed by atoms with Crippen molar-refractivity contribution in [3.05, 3.63) is 65.2 Å². The molecule has 4 nitrogen and oxygen atoms in total. The molecule has 2 heterocycles. The van der Waals surface area contributed by atoms with E-state index in [-0.39, 0.29) is 5.91 Å². The normalized spacial score (nSPS) is 29.2. The van der Waals surface area contributed by atoms with Crippen LogP contribution < -0.4 is 10.2 Å². The maximum Gasteiger partial charge on any atom is 0.235 e. The van der Waals surface area contributed by atoms with Crippen LogP contribution in [0.2, 0.25) is 5.02 Å². The van der Waals surface area contributed by atoms with E-state index in [1.807, 2.05) is 42.5 Å². The molecule has 26 heavy (non-hydrogen) atoms. The molecule has 2 aromatic carbocycles. The average molecular weight is 371 g/mol. The fraction of sp³-hybridized carbons (Fsp3) is 0.381. The SMILES string of the molecule is O=C1N(c2ccc(Cl)cc2)[C@@H](c2ccccc2)[C@H](O)C[C@@]12CCCNC2. The van der Waals surface area contributed by atoms with E-state index in [1.54, 1.807) is 17.0 Å². The Hall–Kier alpha value is -1.88. The highest BCUT2D eigenvalue weighted by atomic mass is 35.5. The first-order valence-corrected chi connectivity index (χ1v) is 9.51. The summed E-state index contributed by atoms with van der Waals surface area (Å²) in [5.74, 6) is 0.0891. The van der Waals surface area contributed by atoms with Gasteiger partial charge in [0.05, 0.1) is 17.6 Å². The molecule has 0 saturated carbocycles. The van der Waals surface area contributed by atoms with Crippen LogP contribution in [0.3, 0.4) is 0 Å². The molecule has 2 saturated heterocycles. The number of rotatable bonds is 2. The second-order valence-electron chi connectivity index (χ2n) is 7.34. The number of anilines is 1. The Kier molecular flexibility index (Phi) is 4.74. The number of halogens is 1. The Morgan fingerprint density at radius 1 is 1.12 bits per heavy atom. The maximum absolute atomic E-state index is 13.7. The van der Waals surface area contributed by atoms with Gasteiger partial charge in [0.15, 0.2) is 0 Å². The van der Waals surface area contributed by atoms with E-state index in [1.165, 1.54) is 0 Å². The molecule has 5 heteroatoms. The molecule has 0 aliphatic carbocycles. The van der Waals surface area contributed by atoms with Crippen molar-refractivity contribution in [2.45, 2.75) is 31.4 Å². The third kappa shape index (κ3) is 3.02. The third-order valence-electron chi connectivity index (χ3n) is 5.63. The van der Waals surface area contributed by atoms with Gasteiger partial charge < -0.3 is 15.3 Å². The number of aliphatic hydroxyl groups is 1. The lowest BCUT2D eigenvalue weighted by Crippen LogP contribution is -2.60. The number of hydrogen-bond acceptors (Lipinski definition) is 3. The monoisotopic (exact) mass is 370 g/mol. The van der Waals surface area contributed by atoms with Crippen LogP contribution in [0.4, 0.5) is 5.69 Å². The molecule has 1 amide bonds. The summed E-state index contributed by atoms with van der Waals surface area (Å²) < 4.78 is 0. The second-order valence-corrected chi connectivity index (χ2v) is 7.78.